The van der Waals surface area contributed by atoms with Gasteiger partial charge in [0.05, 0.1) is 5.52 Å². The molecule has 1 aliphatic heterocycles. The zero-order valence-electron chi connectivity index (χ0n) is 19.9. The van der Waals surface area contributed by atoms with Gasteiger partial charge in [-0.1, -0.05) is 0 Å². The van der Waals surface area contributed by atoms with E-state index < -0.39 is 0 Å². The van der Waals surface area contributed by atoms with E-state index in [0.29, 0.717) is 17.8 Å². The molecule has 4 rings (SSSR count). The summed E-state index contributed by atoms with van der Waals surface area (Å²) in [6, 6.07) is 6.82. The smallest absolute Gasteiger partial charge is 0.116 e. The summed E-state index contributed by atoms with van der Waals surface area (Å²) in [4.78, 5) is 8.62. The van der Waals surface area contributed by atoms with E-state index >= 15 is 0 Å². The number of aromatic nitrogens is 1. The first-order valence-corrected chi connectivity index (χ1v) is 11.7. The summed E-state index contributed by atoms with van der Waals surface area (Å²) in [7, 11) is 0. The molecule has 0 atom stereocenters. The van der Waals surface area contributed by atoms with Crippen molar-refractivity contribution in [2.45, 2.75) is 73.0 Å². The summed E-state index contributed by atoms with van der Waals surface area (Å²) in [5, 5.41) is 12.4. The van der Waals surface area contributed by atoms with E-state index in [-0.39, 0.29) is 0 Å². The van der Waals surface area contributed by atoms with Crippen LogP contribution in [0.5, 0.6) is 5.75 Å². The normalized spacial score (nSPS) is 14.0. The summed E-state index contributed by atoms with van der Waals surface area (Å²) >= 11 is 0. The number of hydrogen-bond acceptors (Lipinski definition) is 3. The number of rotatable bonds is 7. The molecule has 2 aromatic carbocycles. The predicted molar refractivity (Wildman–Crippen MR) is 133 cm³/mol. The Labute approximate surface area is 186 Å². The van der Waals surface area contributed by atoms with Gasteiger partial charge in [-0.2, -0.15) is 0 Å². The van der Waals surface area contributed by atoms with Crippen LogP contribution in [0, 0.1) is 13.8 Å². The number of H-pyrrole nitrogens is 1. The molecule has 166 valence electrons. The summed E-state index contributed by atoms with van der Waals surface area (Å²) < 4.78 is 0. The lowest BCUT2D eigenvalue weighted by molar-refractivity contribution is 0.169. The first-order chi connectivity index (χ1) is 14.8. The van der Waals surface area contributed by atoms with Gasteiger partial charge < -0.3 is 15.0 Å². The highest BCUT2D eigenvalue weighted by molar-refractivity contribution is 6.11. The van der Waals surface area contributed by atoms with Gasteiger partial charge >= 0.3 is 0 Å². The topological polar surface area (TPSA) is 42.5 Å². The summed E-state index contributed by atoms with van der Waals surface area (Å²) in [6.45, 7) is 16.8. The molecule has 4 nitrogen and oxygen atoms in total. The van der Waals surface area contributed by atoms with Crippen molar-refractivity contribution in [3.05, 3.63) is 46.7 Å². The molecule has 0 saturated heterocycles. The van der Waals surface area contributed by atoms with E-state index in [9.17, 15) is 5.11 Å². The maximum atomic E-state index is 10.0. The van der Waals surface area contributed by atoms with Crippen LogP contribution in [-0.2, 0) is 6.54 Å². The molecule has 0 saturated carbocycles. The highest BCUT2D eigenvalue weighted by Crippen LogP contribution is 2.38. The van der Waals surface area contributed by atoms with Gasteiger partial charge in [-0.05, 0) is 114 Å². The van der Waals surface area contributed by atoms with Gasteiger partial charge in [0.1, 0.15) is 5.75 Å². The first-order valence-electron chi connectivity index (χ1n) is 11.7. The molecule has 2 heterocycles. The number of phenols is 1. The molecule has 4 heteroatoms. The van der Waals surface area contributed by atoms with E-state index in [1.807, 2.05) is 12.1 Å². The van der Waals surface area contributed by atoms with Crippen molar-refractivity contribution in [1.29, 1.82) is 0 Å². The monoisotopic (exact) mass is 419 g/mol. The van der Waals surface area contributed by atoms with Gasteiger partial charge in [0.2, 0.25) is 0 Å². The molecule has 0 bridgehead atoms. The molecule has 0 fully saturated rings. The SMILES string of the molecule is Cc1c2c(c(C)c3c1[nH]c1ccc(O)cc13)CN(CCCCN(C(C)C)C(C)C)C=C2. The molecule has 0 unspecified atom stereocenters. The molecule has 0 radical (unpaired) electrons. The van der Waals surface area contributed by atoms with Crippen LogP contribution in [0.4, 0.5) is 0 Å². The quantitative estimate of drug-likeness (QED) is 0.440. The van der Waals surface area contributed by atoms with Crippen LogP contribution in [0.25, 0.3) is 27.9 Å². The van der Waals surface area contributed by atoms with Gasteiger partial charge in [-0.3, -0.25) is 4.90 Å². The fraction of sp³-hybridized carbons (Fsp3) is 0.481. The maximum Gasteiger partial charge on any atom is 0.116 e. The lowest BCUT2D eigenvalue weighted by atomic mass is 9.90. The highest BCUT2D eigenvalue weighted by atomic mass is 16.3. The van der Waals surface area contributed by atoms with Crippen LogP contribution in [0.3, 0.4) is 0 Å². The number of benzene rings is 2. The van der Waals surface area contributed by atoms with E-state index in [2.05, 4.69) is 68.6 Å². The molecule has 0 amide bonds. The zero-order chi connectivity index (χ0) is 22.3. The van der Waals surface area contributed by atoms with Crippen molar-refractivity contribution >= 4 is 27.9 Å². The largest absolute Gasteiger partial charge is 0.508 e. The molecule has 31 heavy (non-hydrogen) atoms. The number of aromatic amines is 1. The van der Waals surface area contributed by atoms with Crippen molar-refractivity contribution in [2.24, 2.45) is 0 Å². The number of nitrogens with zero attached hydrogens (tertiary/aromatic N) is 2. The van der Waals surface area contributed by atoms with Crippen molar-refractivity contribution in [1.82, 2.24) is 14.8 Å². The van der Waals surface area contributed by atoms with E-state index in [1.54, 1.807) is 6.07 Å². The third-order valence-corrected chi connectivity index (χ3v) is 6.97. The Balaban J connectivity index is 1.54. The molecule has 3 aromatic rings. The lowest BCUT2D eigenvalue weighted by Gasteiger charge is -2.31. The Kier molecular flexibility index (Phi) is 6.02. The van der Waals surface area contributed by atoms with E-state index in [1.165, 1.54) is 52.5 Å². The van der Waals surface area contributed by atoms with Crippen LogP contribution in [-0.4, -0.2) is 45.1 Å². The van der Waals surface area contributed by atoms with Gasteiger partial charge in [0.25, 0.3) is 0 Å². The van der Waals surface area contributed by atoms with E-state index in [0.717, 1.165) is 24.0 Å². The Bertz CT molecular complexity index is 1110. The van der Waals surface area contributed by atoms with Crippen molar-refractivity contribution in [3.63, 3.8) is 0 Å². The van der Waals surface area contributed by atoms with Crippen LogP contribution in [0.1, 0.15) is 62.8 Å². The third kappa shape index (κ3) is 4.06. The van der Waals surface area contributed by atoms with Gasteiger partial charge in [0, 0.05) is 41.5 Å². The molecule has 0 spiro atoms. The second kappa shape index (κ2) is 8.58. The highest BCUT2D eigenvalue weighted by Gasteiger charge is 2.21. The zero-order valence-corrected chi connectivity index (χ0v) is 19.9. The summed E-state index contributed by atoms with van der Waals surface area (Å²) in [5.41, 5.74) is 7.67. The number of nitrogens with one attached hydrogen (secondary N) is 1. The second-order valence-corrected chi connectivity index (χ2v) is 9.67. The molecule has 2 N–H and O–H groups in total. The van der Waals surface area contributed by atoms with E-state index in [4.69, 9.17) is 0 Å². The minimum absolute atomic E-state index is 0.321. The number of phenolic OH excluding ortho intramolecular Hbond substituents is 1. The van der Waals surface area contributed by atoms with Crippen LogP contribution in [0.2, 0.25) is 0 Å². The second-order valence-electron chi connectivity index (χ2n) is 9.67. The Morgan fingerprint density at radius 1 is 1.06 bits per heavy atom. The Morgan fingerprint density at radius 2 is 1.81 bits per heavy atom. The number of hydrogen-bond donors (Lipinski definition) is 2. The molecule has 0 aliphatic carbocycles. The number of aryl methyl sites for hydroxylation is 2. The van der Waals surface area contributed by atoms with Crippen LogP contribution in [0.15, 0.2) is 24.4 Å². The Morgan fingerprint density at radius 3 is 2.52 bits per heavy atom. The standard InChI is InChI=1S/C27H37N3O/c1-17(2)30(18(3)4)13-8-7-12-29-14-11-22-20(6)27-26(19(5)24(22)16-29)23-15-21(31)9-10-25(23)28-27/h9-11,14-15,17-18,28,31H,7-8,12-13,16H2,1-6H3. The van der Waals surface area contributed by atoms with Crippen LogP contribution < -0.4 is 0 Å². The van der Waals surface area contributed by atoms with Crippen molar-refractivity contribution in [3.8, 4) is 5.75 Å². The summed E-state index contributed by atoms with van der Waals surface area (Å²) in [5.74, 6) is 0.321. The fourth-order valence-electron chi connectivity index (χ4n) is 5.31. The first kappa shape index (κ1) is 21.8. The number of fused-ring (bicyclic) bond motifs is 4. The molecule has 1 aliphatic rings. The molecule has 1 aromatic heterocycles. The van der Waals surface area contributed by atoms with Crippen molar-refractivity contribution < 1.29 is 5.11 Å². The van der Waals surface area contributed by atoms with Crippen LogP contribution >= 0.6 is 0 Å². The van der Waals surface area contributed by atoms with Crippen molar-refractivity contribution in [2.75, 3.05) is 13.1 Å². The maximum absolute atomic E-state index is 10.0. The third-order valence-electron chi connectivity index (χ3n) is 6.97. The average molecular weight is 420 g/mol. The predicted octanol–water partition coefficient (Wildman–Crippen LogP) is 6.33. The average Bonchev–Trinajstić information content (AvgIpc) is 3.10. The van der Waals surface area contributed by atoms with Gasteiger partial charge in [-0.15, -0.1) is 0 Å². The fourth-order valence-corrected chi connectivity index (χ4v) is 5.31. The number of unbranched alkanes of at least 4 members (excludes halogenated alkanes) is 1. The minimum atomic E-state index is 0.321. The van der Waals surface area contributed by atoms with Gasteiger partial charge in [0.15, 0.2) is 0 Å². The summed E-state index contributed by atoms with van der Waals surface area (Å²) in [6.07, 6.45) is 7.00. The molecular weight excluding hydrogens is 382 g/mol. The van der Waals surface area contributed by atoms with Gasteiger partial charge in [-0.25, -0.2) is 0 Å². The molecular formula is C27H37N3O. The minimum Gasteiger partial charge on any atom is -0.508 e. The number of aromatic hydroxyl groups is 1. The Hall–Kier alpha value is -2.46. The lowest BCUT2D eigenvalue weighted by Crippen LogP contribution is -2.37.